The van der Waals surface area contributed by atoms with Crippen molar-refractivity contribution in [3.8, 4) is 31.5 Å². The van der Waals surface area contributed by atoms with Crippen molar-refractivity contribution in [1.82, 2.24) is 0 Å². The molecule has 112 valence electrons. The summed E-state index contributed by atoms with van der Waals surface area (Å²) in [6.07, 6.45) is 0. The number of benzene rings is 2. The van der Waals surface area contributed by atoms with E-state index in [0.29, 0.717) is 0 Å². The van der Waals surface area contributed by atoms with Gasteiger partial charge in [-0.15, -0.1) is 0 Å². The van der Waals surface area contributed by atoms with Gasteiger partial charge >= 0.3 is 140 Å². The van der Waals surface area contributed by atoms with E-state index in [1.807, 2.05) is 32.0 Å². The molecule has 22 heavy (non-hydrogen) atoms. The summed E-state index contributed by atoms with van der Waals surface area (Å²) in [5, 5.41) is 19.9. The van der Waals surface area contributed by atoms with Gasteiger partial charge in [0.25, 0.3) is 0 Å². The van der Waals surface area contributed by atoms with Crippen LogP contribution in [0, 0.1) is 13.8 Å². The third-order valence-corrected chi connectivity index (χ3v) is 6.69. The van der Waals surface area contributed by atoms with Crippen LogP contribution in [0.2, 0.25) is 5.02 Å². The van der Waals surface area contributed by atoms with E-state index in [0.717, 1.165) is 31.7 Å². The van der Waals surface area contributed by atoms with E-state index in [9.17, 15) is 10.2 Å². The quantitative estimate of drug-likeness (QED) is 0.632. The number of phenolic OH excluding ortho intramolecular Hbond substituents is 2. The molecule has 0 fully saturated rings. The molecule has 0 aliphatic heterocycles. The van der Waals surface area contributed by atoms with Crippen LogP contribution in [0.15, 0.2) is 42.5 Å². The molecule has 0 spiro atoms. The molecule has 0 atom stereocenters. The van der Waals surface area contributed by atoms with Crippen LogP contribution in [0.4, 0.5) is 0 Å². The van der Waals surface area contributed by atoms with Crippen LogP contribution in [-0.4, -0.2) is 24.7 Å². The molecule has 0 saturated carbocycles. The first-order valence-electron chi connectivity index (χ1n) is 6.85. The molecule has 0 amide bonds. The number of rotatable bonds is 2. The maximum atomic E-state index is 9.56. The van der Waals surface area contributed by atoms with E-state index in [1.165, 1.54) is 4.44 Å². The van der Waals surface area contributed by atoms with Crippen molar-refractivity contribution >= 4 is 26.1 Å². The van der Waals surface area contributed by atoms with Crippen LogP contribution in [0.25, 0.3) is 20.0 Å². The molecule has 3 aromatic rings. The maximum absolute atomic E-state index is 9.56. The molecule has 1 aromatic heterocycles. The Bertz CT molecular complexity index is 852. The van der Waals surface area contributed by atoms with Crippen molar-refractivity contribution in [2.45, 2.75) is 13.8 Å². The third kappa shape index (κ3) is 2.80. The zero-order valence-electron chi connectivity index (χ0n) is 12.2. The monoisotopic (exact) mass is 378 g/mol. The molecule has 0 unspecified atom stereocenters. The summed E-state index contributed by atoms with van der Waals surface area (Å²) in [4.78, 5) is 0. The molecular formula is C18H15ClO2Se. The molecule has 2 aromatic carbocycles. The summed E-state index contributed by atoms with van der Waals surface area (Å²) >= 11 is 6.56. The van der Waals surface area contributed by atoms with Crippen molar-refractivity contribution in [2.24, 2.45) is 0 Å². The van der Waals surface area contributed by atoms with Crippen LogP contribution in [-0.2, 0) is 0 Å². The van der Waals surface area contributed by atoms with E-state index < -0.39 is 0 Å². The van der Waals surface area contributed by atoms with Gasteiger partial charge in [0.15, 0.2) is 0 Å². The summed E-state index contributed by atoms with van der Waals surface area (Å²) < 4.78 is 2.34. The van der Waals surface area contributed by atoms with Crippen LogP contribution in [0.5, 0.6) is 11.5 Å². The molecular weight excluding hydrogens is 363 g/mol. The Kier molecular flexibility index (Phi) is 4.05. The zero-order chi connectivity index (χ0) is 15.9. The fraction of sp³-hybridized carbons (Fsp3) is 0.111. The summed E-state index contributed by atoms with van der Waals surface area (Å²) in [5.74, 6) is 0.548. The fourth-order valence-electron chi connectivity index (χ4n) is 2.51. The number of phenols is 2. The van der Waals surface area contributed by atoms with E-state index in [2.05, 4.69) is 0 Å². The third-order valence-electron chi connectivity index (χ3n) is 3.62. The molecule has 2 nitrogen and oxygen atoms in total. The van der Waals surface area contributed by atoms with Crippen LogP contribution < -0.4 is 0 Å². The Balaban J connectivity index is 2.11. The number of aromatic hydroxyl groups is 2. The topological polar surface area (TPSA) is 40.5 Å². The Hall–Kier alpha value is -1.67. The zero-order valence-corrected chi connectivity index (χ0v) is 14.7. The number of hydrogen-bond acceptors (Lipinski definition) is 2. The second kappa shape index (κ2) is 5.85. The van der Waals surface area contributed by atoms with Crippen LogP contribution >= 0.6 is 11.6 Å². The summed E-state index contributed by atoms with van der Waals surface area (Å²) in [7, 11) is 0. The van der Waals surface area contributed by atoms with Crippen molar-refractivity contribution in [2.75, 3.05) is 0 Å². The average Bonchev–Trinajstić information content (AvgIpc) is 2.80. The van der Waals surface area contributed by atoms with Gasteiger partial charge in [0.05, 0.1) is 0 Å². The first kappa shape index (κ1) is 15.2. The van der Waals surface area contributed by atoms with Crippen LogP contribution in [0.1, 0.15) is 11.1 Å². The second-order valence-corrected chi connectivity index (χ2v) is 7.90. The number of hydrogen-bond donors (Lipinski definition) is 2. The van der Waals surface area contributed by atoms with Gasteiger partial charge < -0.3 is 0 Å². The Morgan fingerprint density at radius 2 is 1.36 bits per heavy atom. The number of halogens is 1. The first-order valence-corrected chi connectivity index (χ1v) is 8.94. The van der Waals surface area contributed by atoms with Crippen molar-refractivity contribution in [3.63, 3.8) is 0 Å². The molecule has 3 rings (SSSR count). The normalized spacial score (nSPS) is 10.9. The van der Waals surface area contributed by atoms with Gasteiger partial charge in [-0.1, -0.05) is 0 Å². The van der Waals surface area contributed by atoms with Crippen molar-refractivity contribution < 1.29 is 10.2 Å². The van der Waals surface area contributed by atoms with E-state index >= 15 is 0 Å². The SMILES string of the molecule is Cc1cc(O)ccc1-c1cc(Cl)c(-c2ccc(O)cc2C)[se]1. The molecule has 0 aliphatic carbocycles. The fourth-order valence-corrected chi connectivity index (χ4v) is 5.65. The molecule has 1 heterocycles. The van der Waals surface area contributed by atoms with Crippen molar-refractivity contribution in [3.05, 3.63) is 58.6 Å². The second-order valence-electron chi connectivity index (χ2n) is 5.29. The Labute approximate surface area is 140 Å². The summed E-state index contributed by atoms with van der Waals surface area (Å²) in [6, 6.07) is 12.8. The number of aryl methyl sites for hydroxylation is 2. The van der Waals surface area contributed by atoms with Gasteiger partial charge in [-0.3, -0.25) is 0 Å². The van der Waals surface area contributed by atoms with Gasteiger partial charge in [-0.05, 0) is 0 Å². The summed E-state index contributed by atoms with van der Waals surface area (Å²) in [6.45, 7) is 3.97. The Morgan fingerprint density at radius 3 is 1.91 bits per heavy atom. The van der Waals surface area contributed by atoms with Gasteiger partial charge in [-0.25, -0.2) is 0 Å². The summed E-state index contributed by atoms with van der Waals surface area (Å²) in [5.41, 5.74) is 4.28. The minimum atomic E-state index is 0.0978. The van der Waals surface area contributed by atoms with Gasteiger partial charge in [0.1, 0.15) is 0 Å². The van der Waals surface area contributed by atoms with Gasteiger partial charge in [0.2, 0.25) is 0 Å². The first-order chi connectivity index (χ1) is 10.5. The average molecular weight is 378 g/mol. The van der Waals surface area contributed by atoms with Gasteiger partial charge in [0, 0.05) is 0 Å². The van der Waals surface area contributed by atoms with E-state index in [1.54, 1.807) is 24.3 Å². The van der Waals surface area contributed by atoms with Gasteiger partial charge in [-0.2, -0.15) is 0 Å². The molecule has 0 bridgehead atoms. The molecule has 0 saturated heterocycles. The minimum absolute atomic E-state index is 0.0978. The van der Waals surface area contributed by atoms with E-state index in [-0.39, 0.29) is 26.0 Å². The van der Waals surface area contributed by atoms with Crippen LogP contribution in [0.3, 0.4) is 0 Å². The molecule has 2 N–H and O–H groups in total. The molecule has 0 radical (unpaired) electrons. The molecule has 4 heteroatoms. The predicted molar refractivity (Wildman–Crippen MR) is 92.1 cm³/mol. The van der Waals surface area contributed by atoms with Crippen molar-refractivity contribution in [1.29, 1.82) is 0 Å². The predicted octanol–water partition coefficient (Wildman–Crippen LogP) is 4.76. The standard InChI is InChI=1S/C18H15ClO2Se/c1-10-7-12(20)3-5-14(10)17-9-16(19)18(22-17)15-6-4-13(21)8-11(15)2/h3-9,20-21H,1-2H3. The Morgan fingerprint density at radius 1 is 0.818 bits per heavy atom. The van der Waals surface area contributed by atoms with E-state index in [4.69, 9.17) is 11.6 Å². The molecule has 0 aliphatic rings.